The molecule has 22 heteroatoms. The zero-order valence-corrected chi connectivity index (χ0v) is 43.4. The Morgan fingerprint density at radius 3 is 1.48 bits per heavy atom. The van der Waals surface area contributed by atoms with Crippen LogP contribution in [0.3, 0.4) is 0 Å². The molecule has 2 fully saturated rings. The third-order valence-electron chi connectivity index (χ3n) is 9.73. The highest BCUT2D eigenvalue weighted by Gasteiger charge is 2.31. The van der Waals surface area contributed by atoms with E-state index in [0.29, 0.717) is 24.9 Å². The second kappa shape index (κ2) is 24.6. The second-order valence-corrected chi connectivity index (χ2v) is 23.6. The normalized spacial score (nSPS) is 17.0. The summed E-state index contributed by atoms with van der Waals surface area (Å²) in [6.07, 6.45) is 3.59. The van der Waals surface area contributed by atoms with Gasteiger partial charge >= 0.3 is 38.7 Å². The highest BCUT2D eigenvalue weighted by Crippen LogP contribution is 2.27. The van der Waals surface area contributed by atoms with Crippen LogP contribution < -0.4 is 29.2 Å². The van der Waals surface area contributed by atoms with E-state index >= 15 is 0 Å². The van der Waals surface area contributed by atoms with Gasteiger partial charge in [-0.25, -0.2) is 19.1 Å². The first-order valence-corrected chi connectivity index (χ1v) is 24.9. The van der Waals surface area contributed by atoms with Crippen molar-refractivity contribution >= 4 is 50.5 Å². The highest BCUT2D eigenvalue weighted by atomic mass is 32.2. The van der Waals surface area contributed by atoms with Crippen LogP contribution in [0.4, 0.5) is 20.1 Å². The molecule has 1 aromatic heterocycles. The van der Waals surface area contributed by atoms with E-state index < -0.39 is 55.0 Å². The van der Waals surface area contributed by atoms with Crippen LogP contribution in [0, 0.1) is 23.7 Å². The van der Waals surface area contributed by atoms with Gasteiger partial charge in [0.05, 0.1) is 0 Å². The molecule has 0 radical (unpaired) electrons. The van der Waals surface area contributed by atoms with E-state index in [2.05, 4.69) is 16.0 Å². The average Bonchev–Trinajstić information content (AvgIpc) is 3.14. The number of hydrogen-bond donors (Lipinski definition) is 3. The maximum absolute atomic E-state index is 12.1. The number of ether oxygens (including phenoxy) is 4. The molecule has 376 valence electrons. The van der Waals surface area contributed by atoms with Crippen LogP contribution >= 0.6 is 0 Å². The number of likely N-dealkylation sites (tertiary alicyclic amines) is 2. The largest absolute Gasteiger partial charge is 0.594 e. The van der Waals surface area contributed by atoms with Gasteiger partial charge in [-0.15, -0.1) is 8.42 Å². The molecule has 2 saturated heterocycles. The molecule has 0 spiro atoms. The zero-order valence-electron chi connectivity index (χ0n) is 41.7. The second-order valence-electron chi connectivity index (χ2n) is 20.6. The zero-order chi connectivity index (χ0) is 50.4. The number of nitrogens with zero attached hydrogens (tertiary/aromatic N) is 5. The Kier molecular flexibility index (Phi) is 22.3. The summed E-state index contributed by atoms with van der Waals surface area (Å²) >= 11 is 0. The number of aromatic nitrogens is 1. The van der Waals surface area contributed by atoms with E-state index in [-0.39, 0.29) is 30.6 Å². The number of anilines is 1. The Balaban J connectivity index is 0.000000505. The van der Waals surface area contributed by atoms with Gasteiger partial charge in [0.2, 0.25) is 0 Å². The minimum atomic E-state index is -4.13. The molecule has 2 aliphatic rings. The highest BCUT2D eigenvalue weighted by molar-refractivity contribution is 7.88. The van der Waals surface area contributed by atoms with E-state index in [1.807, 2.05) is 77.1 Å². The van der Waals surface area contributed by atoms with Gasteiger partial charge in [-0.1, -0.05) is 43.0 Å². The minimum absolute atomic E-state index is 0.0519. The predicted molar refractivity (Wildman–Crippen MR) is 248 cm³/mol. The Morgan fingerprint density at radius 1 is 0.738 bits per heavy atom. The van der Waals surface area contributed by atoms with Crippen molar-refractivity contribution in [2.24, 2.45) is 33.8 Å². The third kappa shape index (κ3) is 24.8. The minimum Gasteiger partial charge on any atom is -0.594 e. The van der Waals surface area contributed by atoms with Gasteiger partial charge in [-0.05, 0) is 118 Å². The number of amides is 3. The topological polar surface area (TPSA) is 256 Å². The molecule has 0 aromatic carbocycles. The first-order valence-electron chi connectivity index (χ1n) is 22.0. The number of nitrogens with one attached hydrogen (secondary N) is 2. The molecule has 0 bridgehead atoms. The molecular weight excluding hydrogens is 885 g/mol. The van der Waals surface area contributed by atoms with Crippen molar-refractivity contribution in [3.63, 3.8) is 0 Å². The molecule has 2 unspecified atom stereocenters. The molecule has 2 atom stereocenters. The maximum atomic E-state index is 12.1. The quantitative estimate of drug-likeness (QED) is 0.126. The molecule has 20 nitrogen and oxygen atoms in total. The third-order valence-corrected chi connectivity index (χ3v) is 11.9. The van der Waals surface area contributed by atoms with Gasteiger partial charge < -0.3 is 44.5 Å². The predicted octanol–water partition coefficient (Wildman–Crippen LogP) is 4.52. The lowest BCUT2D eigenvalue weighted by molar-refractivity contribution is -0.511. The summed E-state index contributed by atoms with van der Waals surface area (Å²) in [6.45, 7) is 28.8. The smallest absolute Gasteiger partial charge is 0.493 e. The van der Waals surface area contributed by atoms with Gasteiger partial charge in [0.15, 0.2) is 18.5 Å². The van der Waals surface area contributed by atoms with E-state index in [0.717, 1.165) is 55.0 Å². The number of hydrogen-bond acceptors (Lipinski definition) is 14. The molecule has 3 rings (SSSR count). The van der Waals surface area contributed by atoms with Gasteiger partial charge in [0.1, 0.15) is 16.8 Å². The lowest BCUT2D eigenvalue weighted by Gasteiger charge is -2.35. The van der Waals surface area contributed by atoms with Gasteiger partial charge in [-0.3, -0.25) is 0 Å². The molecule has 0 aliphatic carbocycles. The molecule has 4 N–H and O–H groups in total. The van der Waals surface area contributed by atoms with Crippen LogP contribution in [-0.4, -0.2) is 127 Å². The monoisotopic (exact) mass is 965 g/mol. The SMILES string of the molecule is CC(CN)C1CCN(C(=O)OC(C)(C)C)CC1.CC(CNS(=O)(=O)NC(=O)OC(C)(C)C)C1CCN(C(=O)OC(C)(C)C)CC1.CN(C)c1cc[n+](S(=O)(=O)N=C([O-])OC(C)(C)C)cc1. The summed E-state index contributed by atoms with van der Waals surface area (Å²) in [5.41, 5.74) is 3.99. The summed E-state index contributed by atoms with van der Waals surface area (Å²) < 4.78 is 76.5. The Bertz CT molecular complexity index is 1900. The number of nitrogens with two attached hydrogens (primary N) is 1. The number of piperidine rings is 2. The van der Waals surface area contributed by atoms with Crippen molar-refractivity contribution in [2.75, 3.05) is 58.3 Å². The van der Waals surface area contributed by atoms with Crippen molar-refractivity contribution in [2.45, 2.75) is 145 Å². The summed E-state index contributed by atoms with van der Waals surface area (Å²) in [6, 6.07) is 3.20. The molecule has 0 saturated carbocycles. The van der Waals surface area contributed by atoms with Crippen LogP contribution in [0.1, 0.15) is 123 Å². The van der Waals surface area contributed by atoms with E-state index in [9.17, 15) is 36.3 Å². The summed E-state index contributed by atoms with van der Waals surface area (Å²) in [5, 5.41) is 11.4. The number of carbonyl (C=O) groups is 3. The van der Waals surface area contributed by atoms with E-state index in [4.69, 9.17) is 24.7 Å². The fourth-order valence-electron chi connectivity index (χ4n) is 6.28. The van der Waals surface area contributed by atoms with Crippen LogP contribution in [0.25, 0.3) is 0 Å². The summed E-state index contributed by atoms with van der Waals surface area (Å²) in [5.74, 6) is 1.52. The fraction of sp³-hybridized carbons (Fsp3) is 0.791. The van der Waals surface area contributed by atoms with Crippen molar-refractivity contribution in [3.8, 4) is 0 Å². The van der Waals surface area contributed by atoms with Gasteiger partial charge in [-0.2, -0.15) is 13.1 Å². The molecule has 65 heavy (non-hydrogen) atoms. The van der Waals surface area contributed by atoms with Gasteiger partial charge in [0, 0.05) is 70.2 Å². The Hall–Kier alpha value is -4.15. The molecule has 3 amide bonds. The van der Waals surface area contributed by atoms with Crippen LogP contribution in [-0.2, 0) is 39.4 Å². The number of carbonyl (C=O) groups excluding carboxylic acids is 3. The van der Waals surface area contributed by atoms with E-state index in [1.165, 1.54) is 12.4 Å². The average molecular weight is 965 g/mol. The van der Waals surface area contributed by atoms with E-state index in [1.54, 1.807) is 58.6 Å². The maximum Gasteiger partial charge on any atom is 0.493 e. The Morgan fingerprint density at radius 2 is 1.12 bits per heavy atom. The Labute approximate surface area is 389 Å². The van der Waals surface area contributed by atoms with Crippen molar-refractivity contribution in [3.05, 3.63) is 24.5 Å². The van der Waals surface area contributed by atoms with Crippen LogP contribution in [0.2, 0.25) is 0 Å². The van der Waals surface area contributed by atoms with Gasteiger partial charge in [0.25, 0.3) is 0 Å². The lowest BCUT2D eigenvalue weighted by Crippen LogP contribution is -2.46. The first kappa shape index (κ1) is 58.9. The number of pyridine rings is 1. The summed E-state index contributed by atoms with van der Waals surface area (Å²) in [7, 11) is -4.45. The standard InChI is InChI=1S/C18H35N3O6S.C13H26N2O2.C12H19N3O4S/c1-13(12-19-28(24,25)20-15(22)26-17(2,3)4)14-8-10-21(11-9-14)16(23)27-18(5,6)7;1-10(9-14)11-5-7-15(8-6-11)12(16)17-13(2,3)4;1-12(2,3)19-11(16)13-20(17,18)15-8-6-10(7-9-15)14(4)5/h13-14,19H,8-12H2,1-7H3,(H,20,22);10-11H,5-9,14H2,1-4H3;6-9H,1-5H3. The lowest BCUT2D eigenvalue weighted by atomic mass is 9.85. The molecular formula is C43H80N8O12S2. The first-order chi connectivity index (χ1) is 29.4. The van der Waals surface area contributed by atoms with Crippen molar-refractivity contribution in [1.29, 1.82) is 0 Å². The molecule has 2 aliphatic heterocycles. The molecule has 1 aromatic rings. The number of rotatable bonds is 10. The van der Waals surface area contributed by atoms with Crippen molar-refractivity contribution < 1.29 is 59.2 Å². The molecule has 3 heterocycles. The fourth-order valence-corrected chi connectivity index (χ4v) is 7.84. The summed E-state index contributed by atoms with van der Waals surface area (Å²) in [4.78, 5) is 40.9. The van der Waals surface area contributed by atoms with Crippen LogP contribution in [0.5, 0.6) is 0 Å². The van der Waals surface area contributed by atoms with Crippen LogP contribution in [0.15, 0.2) is 28.9 Å². The van der Waals surface area contributed by atoms with Crippen molar-refractivity contribution in [1.82, 2.24) is 19.2 Å².